The molecule has 0 aromatic heterocycles. The Morgan fingerprint density at radius 3 is 2.53 bits per heavy atom. The van der Waals surface area contributed by atoms with Gasteiger partial charge in [0, 0.05) is 0 Å². The molecule has 0 fully saturated rings. The number of rotatable bonds is 5. The van der Waals surface area contributed by atoms with E-state index in [4.69, 9.17) is 11.6 Å². The number of hydrazine groups is 1. The molecule has 1 aromatic carbocycles. The fourth-order valence-electron chi connectivity index (χ4n) is 1.29. The van der Waals surface area contributed by atoms with Crippen LogP contribution in [0.5, 0.6) is 0 Å². The molecule has 0 aliphatic rings. The number of benzene rings is 1. The molecule has 0 spiro atoms. The average Bonchev–Trinajstić information content (AvgIpc) is 2.30. The van der Waals surface area contributed by atoms with E-state index in [2.05, 4.69) is 10.7 Å². The van der Waals surface area contributed by atoms with Crippen LogP contribution in [0.1, 0.15) is 5.56 Å². The van der Waals surface area contributed by atoms with Gasteiger partial charge in [0.25, 0.3) is 11.8 Å². The number of nitrogens with zero attached hydrogens (tertiary/aromatic N) is 1. The van der Waals surface area contributed by atoms with E-state index >= 15 is 0 Å². The van der Waals surface area contributed by atoms with E-state index in [0.29, 0.717) is 6.42 Å². The van der Waals surface area contributed by atoms with Crippen LogP contribution in [-0.2, 0) is 16.0 Å². The van der Waals surface area contributed by atoms with Gasteiger partial charge < -0.3 is 5.73 Å². The third kappa shape index (κ3) is 4.73. The van der Waals surface area contributed by atoms with Gasteiger partial charge in [-0.15, -0.1) is 0 Å². The number of nitrogens with one attached hydrogen (secondary N) is 1. The molecule has 1 aromatic rings. The van der Waals surface area contributed by atoms with E-state index in [1.807, 2.05) is 30.3 Å². The van der Waals surface area contributed by atoms with Crippen molar-refractivity contribution in [3.63, 3.8) is 0 Å². The first-order valence-corrected chi connectivity index (χ1v) is 5.15. The van der Waals surface area contributed by atoms with Gasteiger partial charge in [0.2, 0.25) is 0 Å². The van der Waals surface area contributed by atoms with Crippen LogP contribution in [0.15, 0.2) is 30.3 Å². The highest BCUT2D eigenvalue weighted by Gasteiger charge is 2.18. The van der Waals surface area contributed by atoms with Crippen molar-refractivity contribution in [2.75, 3.05) is 6.54 Å². The minimum absolute atomic E-state index is 0.177. The quantitative estimate of drug-likeness (QED) is 0.432. The molecule has 0 heterocycles. The summed E-state index contributed by atoms with van der Waals surface area (Å²) >= 11 is 0. The molecule has 2 amide bonds. The normalized spacial score (nSPS) is 11.9. The third-order valence-corrected chi connectivity index (χ3v) is 2.10. The summed E-state index contributed by atoms with van der Waals surface area (Å²) in [5, 5.41) is 3.32. The maximum Gasteiger partial charge on any atom is 0.266 e. The smallest absolute Gasteiger partial charge is 0.266 e. The van der Waals surface area contributed by atoms with Crippen molar-refractivity contribution in [1.82, 2.24) is 10.7 Å². The van der Waals surface area contributed by atoms with Gasteiger partial charge in [-0.05, 0) is 12.0 Å². The molecule has 0 saturated carbocycles. The Morgan fingerprint density at radius 2 is 1.94 bits per heavy atom. The first-order valence-electron chi connectivity index (χ1n) is 5.15. The maximum absolute atomic E-state index is 11.5. The maximum atomic E-state index is 11.5. The van der Waals surface area contributed by atoms with Gasteiger partial charge in [-0.25, -0.2) is 0 Å². The van der Waals surface area contributed by atoms with E-state index in [1.165, 1.54) is 0 Å². The Bertz CT molecular complexity index is 380. The Labute approximate surface area is 99.3 Å². The molecule has 91 valence electrons. The summed E-state index contributed by atoms with van der Waals surface area (Å²) in [5.41, 5.74) is 8.70. The van der Waals surface area contributed by atoms with E-state index in [-0.39, 0.29) is 6.54 Å². The fraction of sp³-hybridized carbons (Fsp3) is 0.273. The van der Waals surface area contributed by atoms with Crippen LogP contribution in [0.3, 0.4) is 0 Å². The van der Waals surface area contributed by atoms with Crippen molar-refractivity contribution < 1.29 is 9.59 Å². The first-order chi connectivity index (χ1) is 8.13. The van der Waals surface area contributed by atoms with Crippen LogP contribution >= 0.6 is 0 Å². The number of carbonyl (C=O) groups excluding carboxylic acids is 2. The predicted octanol–water partition coefficient (Wildman–Crippen LogP) is -1.32. The number of hydrogen-bond acceptors (Lipinski definition) is 5. The number of nitrogens with two attached hydrogens (primary N) is 2. The highest BCUT2D eigenvalue weighted by Crippen LogP contribution is 2.01. The Kier molecular flexibility index (Phi) is 5.28. The van der Waals surface area contributed by atoms with Crippen LogP contribution < -0.4 is 22.3 Å². The van der Waals surface area contributed by atoms with E-state index in [0.717, 1.165) is 5.56 Å². The molecule has 1 rings (SSSR count). The topological polar surface area (TPSA) is 112 Å². The van der Waals surface area contributed by atoms with Crippen LogP contribution in [-0.4, -0.2) is 24.4 Å². The lowest BCUT2D eigenvalue weighted by molar-refractivity contribution is -0.131. The second-order valence-corrected chi connectivity index (χ2v) is 3.52. The molecule has 0 aliphatic heterocycles. The number of imide groups is 1. The van der Waals surface area contributed by atoms with Gasteiger partial charge in [0.15, 0.2) is 0 Å². The second kappa shape index (κ2) is 6.74. The molecular formula is C11H15N4O2. The molecular weight excluding hydrogens is 220 g/mol. The van der Waals surface area contributed by atoms with Crippen molar-refractivity contribution in [1.29, 1.82) is 0 Å². The van der Waals surface area contributed by atoms with Crippen LogP contribution in [0.25, 0.3) is 0 Å². The third-order valence-electron chi connectivity index (χ3n) is 2.10. The Morgan fingerprint density at radius 1 is 1.29 bits per heavy atom. The SMILES string of the molecule is NNCC(=O)[N]C(=O)C(N)Cc1ccccc1. The van der Waals surface area contributed by atoms with Crippen molar-refractivity contribution in [3.8, 4) is 0 Å². The molecule has 0 saturated heterocycles. The Hall–Kier alpha value is -1.76. The van der Waals surface area contributed by atoms with Crippen molar-refractivity contribution in [3.05, 3.63) is 35.9 Å². The zero-order chi connectivity index (χ0) is 12.7. The summed E-state index contributed by atoms with van der Waals surface area (Å²) in [6, 6.07) is 8.49. The molecule has 5 N–H and O–H groups in total. The van der Waals surface area contributed by atoms with Crippen LogP contribution in [0.2, 0.25) is 0 Å². The molecule has 1 atom stereocenters. The lowest BCUT2D eigenvalue weighted by Crippen LogP contribution is -2.43. The lowest BCUT2D eigenvalue weighted by atomic mass is 10.1. The Balaban J connectivity index is 2.45. The fourth-order valence-corrected chi connectivity index (χ4v) is 1.29. The van der Waals surface area contributed by atoms with Gasteiger partial charge in [-0.3, -0.25) is 20.9 Å². The number of carbonyl (C=O) groups is 2. The largest absolute Gasteiger partial charge is 0.320 e. The zero-order valence-corrected chi connectivity index (χ0v) is 9.30. The van der Waals surface area contributed by atoms with Gasteiger partial charge in [0.05, 0.1) is 12.6 Å². The molecule has 17 heavy (non-hydrogen) atoms. The van der Waals surface area contributed by atoms with Crippen molar-refractivity contribution in [2.45, 2.75) is 12.5 Å². The number of amides is 2. The van der Waals surface area contributed by atoms with E-state index in [9.17, 15) is 9.59 Å². The van der Waals surface area contributed by atoms with Gasteiger partial charge >= 0.3 is 0 Å². The summed E-state index contributed by atoms with van der Waals surface area (Å²) in [7, 11) is 0. The molecule has 6 nitrogen and oxygen atoms in total. The second-order valence-electron chi connectivity index (χ2n) is 3.52. The molecule has 0 aliphatic carbocycles. The summed E-state index contributed by atoms with van der Waals surface area (Å²) in [5.74, 6) is 3.68. The average molecular weight is 235 g/mol. The lowest BCUT2D eigenvalue weighted by Gasteiger charge is -2.09. The standard InChI is InChI=1S/C11H15N4O2/c12-9(6-8-4-2-1-3-5-8)11(17)15-10(16)7-14-13/h1-5,9,14H,6-7,12-13H2. The molecule has 6 heteroatoms. The minimum atomic E-state index is -0.806. The van der Waals surface area contributed by atoms with Gasteiger partial charge in [-0.1, -0.05) is 30.3 Å². The monoisotopic (exact) mass is 235 g/mol. The summed E-state index contributed by atoms with van der Waals surface area (Å²) in [4.78, 5) is 22.5. The number of hydrogen-bond donors (Lipinski definition) is 3. The minimum Gasteiger partial charge on any atom is -0.320 e. The highest BCUT2D eigenvalue weighted by atomic mass is 16.2. The van der Waals surface area contributed by atoms with Gasteiger partial charge in [0.1, 0.15) is 0 Å². The van der Waals surface area contributed by atoms with Crippen LogP contribution in [0.4, 0.5) is 0 Å². The summed E-state index contributed by atoms with van der Waals surface area (Å²) in [6.07, 6.45) is 0.354. The van der Waals surface area contributed by atoms with Gasteiger partial charge in [-0.2, -0.15) is 5.32 Å². The predicted molar refractivity (Wildman–Crippen MR) is 62.5 cm³/mol. The van der Waals surface area contributed by atoms with E-state index < -0.39 is 17.9 Å². The van der Waals surface area contributed by atoms with E-state index in [1.54, 1.807) is 0 Å². The zero-order valence-electron chi connectivity index (χ0n) is 9.30. The van der Waals surface area contributed by atoms with Crippen molar-refractivity contribution >= 4 is 11.8 Å². The first kappa shape index (κ1) is 13.3. The molecule has 1 unspecified atom stereocenters. The summed E-state index contributed by atoms with van der Waals surface area (Å²) in [6.45, 7) is -0.177. The molecule has 0 bridgehead atoms. The highest BCUT2D eigenvalue weighted by molar-refractivity contribution is 5.98. The summed E-state index contributed by atoms with van der Waals surface area (Å²) < 4.78 is 0. The molecule has 1 radical (unpaired) electrons. The van der Waals surface area contributed by atoms with Crippen molar-refractivity contribution in [2.24, 2.45) is 11.6 Å². The van der Waals surface area contributed by atoms with Crippen LogP contribution in [0, 0.1) is 0 Å².